The monoisotopic (exact) mass is 394 g/mol. The van der Waals surface area contributed by atoms with Gasteiger partial charge in [0.15, 0.2) is 0 Å². The summed E-state index contributed by atoms with van der Waals surface area (Å²) in [7, 11) is 0. The summed E-state index contributed by atoms with van der Waals surface area (Å²) in [5.41, 5.74) is 3.33. The van der Waals surface area contributed by atoms with E-state index in [2.05, 4.69) is 41.0 Å². The number of fused-ring (bicyclic) bond motifs is 1. The number of carbonyl (C=O) groups excluding carboxylic acids is 1. The van der Waals surface area contributed by atoms with Crippen molar-refractivity contribution >= 4 is 17.5 Å². The van der Waals surface area contributed by atoms with E-state index in [1.54, 1.807) is 0 Å². The number of carbonyl (C=O) groups is 1. The highest BCUT2D eigenvalue weighted by Crippen LogP contribution is 2.47. The van der Waals surface area contributed by atoms with Crippen molar-refractivity contribution in [1.82, 2.24) is 9.80 Å². The molecule has 1 amide bonds. The minimum atomic E-state index is 0.132. The van der Waals surface area contributed by atoms with E-state index < -0.39 is 0 Å². The largest absolute Gasteiger partial charge is 0.331 e. The van der Waals surface area contributed by atoms with Crippen molar-refractivity contribution in [3.63, 3.8) is 0 Å². The molecule has 3 nitrogen and oxygen atoms in total. The van der Waals surface area contributed by atoms with Crippen LogP contribution in [0.2, 0.25) is 5.02 Å². The average molecular weight is 395 g/mol. The highest BCUT2D eigenvalue weighted by Gasteiger charge is 2.49. The number of benzene rings is 2. The van der Waals surface area contributed by atoms with Crippen LogP contribution in [0.1, 0.15) is 40.4 Å². The van der Waals surface area contributed by atoms with Crippen LogP contribution < -0.4 is 0 Å². The molecule has 1 saturated carbocycles. The maximum atomic E-state index is 13.4. The van der Waals surface area contributed by atoms with Crippen molar-refractivity contribution in [2.24, 2.45) is 17.8 Å². The molecule has 3 fully saturated rings. The average Bonchev–Trinajstić information content (AvgIpc) is 3.31. The zero-order valence-corrected chi connectivity index (χ0v) is 17.1. The van der Waals surface area contributed by atoms with Crippen molar-refractivity contribution in [3.05, 3.63) is 70.2 Å². The van der Waals surface area contributed by atoms with Gasteiger partial charge < -0.3 is 9.80 Å². The number of aryl methyl sites for hydroxylation is 1. The third-order valence-corrected chi connectivity index (χ3v) is 7.06. The van der Waals surface area contributed by atoms with Crippen molar-refractivity contribution in [2.45, 2.75) is 25.8 Å². The molecule has 2 aromatic rings. The predicted octanol–water partition coefficient (Wildman–Crippen LogP) is 4.80. The van der Waals surface area contributed by atoms with Crippen LogP contribution in [0.4, 0.5) is 0 Å². The molecule has 3 atom stereocenters. The number of hydrogen-bond acceptors (Lipinski definition) is 2. The van der Waals surface area contributed by atoms with E-state index in [-0.39, 0.29) is 11.9 Å². The van der Waals surface area contributed by atoms with Crippen LogP contribution in [0.15, 0.2) is 48.5 Å². The molecule has 2 saturated heterocycles. The molecule has 5 rings (SSSR count). The van der Waals surface area contributed by atoms with Gasteiger partial charge in [0.25, 0.3) is 5.91 Å². The molecule has 0 aromatic heterocycles. The van der Waals surface area contributed by atoms with E-state index in [1.165, 1.54) is 30.5 Å². The maximum absolute atomic E-state index is 13.4. The summed E-state index contributed by atoms with van der Waals surface area (Å²) in [4.78, 5) is 18.2. The molecular formula is C24H27ClN2O. The molecule has 2 heterocycles. The van der Waals surface area contributed by atoms with Gasteiger partial charge in [-0.25, -0.2) is 0 Å². The Balaban J connectivity index is 1.46. The molecule has 0 spiro atoms. The summed E-state index contributed by atoms with van der Waals surface area (Å²) in [6, 6.07) is 16.1. The van der Waals surface area contributed by atoms with Gasteiger partial charge in [0.1, 0.15) is 0 Å². The second kappa shape index (κ2) is 7.20. The lowest BCUT2D eigenvalue weighted by molar-refractivity contribution is 0.0700. The number of rotatable bonds is 4. The van der Waals surface area contributed by atoms with Gasteiger partial charge in [-0.1, -0.05) is 35.9 Å². The summed E-state index contributed by atoms with van der Waals surface area (Å²) >= 11 is 6.03. The molecular weight excluding hydrogens is 368 g/mol. The first-order chi connectivity index (χ1) is 13.6. The fourth-order valence-corrected chi connectivity index (χ4v) is 5.36. The Morgan fingerprint density at radius 2 is 1.79 bits per heavy atom. The summed E-state index contributed by atoms with van der Waals surface area (Å²) in [5, 5.41) is 0.668. The van der Waals surface area contributed by atoms with Gasteiger partial charge in [-0.05, 0) is 67.0 Å². The van der Waals surface area contributed by atoms with Gasteiger partial charge in [-0.2, -0.15) is 0 Å². The normalized spacial score (nSPS) is 27.2. The molecule has 1 aliphatic carbocycles. The lowest BCUT2D eigenvalue weighted by Gasteiger charge is -2.31. The molecule has 3 aliphatic rings. The van der Waals surface area contributed by atoms with Gasteiger partial charge in [0.2, 0.25) is 0 Å². The lowest BCUT2D eigenvalue weighted by Crippen LogP contribution is -2.36. The van der Waals surface area contributed by atoms with Crippen molar-refractivity contribution < 1.29 is 4.79 Å². The van der Waals surface area contributed by atoms with Crippen molar-refractivity contribution in [1.29, 1.82) is 0 Å². The SMILES string of the molecule is Cc1ccccc1[C@@H]1[C@H]2CN(CC3CC3)C[C@H]2CN1C(=O)c1ccc(Cl)cc1. The second-order valence-electron chi connectivity index (χ2n) is 8.85. The number of nitrogens with zero attached hydrogens (tertiary/aromatic N) is 2. The van der Waals surface area contributed by atoms with E-state index in [4.69, 9.17) is 11.6 Å². The number of hydrogen-bond donors (Lipinski definition) is 0. The van der Waals surface area contributed by atoms with Gasteiger partial charge in [0, 0.05) is 42.7 Å². The van der Waals surface area contributed by atoms with E-state index in [0.717, 1.165) is 31.1 Å². The number of likely N-dealkylation sites (tertiary alicyclic amines) is 2. The Labute approximate surface area is 172 Å². The highest BCUT2D eigenvalue weighted by atomic mass is 35.5. The van der Waals surface area contributed by atoms with Crippen LogP contribution in [-0.4, -0.2) is 41.9 Å². The second-order valence-corrected chi connectivity index (χ2v) is 9.29. The van der Waals surface area contributed by atoms with Crippen LogP contribution in [0.25, 0.3) is 0 Å². The summed E-state index contributed by atoms with van der Waals surface area (Å²) < 4.78 is 0. The topological polar surface area (TPSA) is 23.6 Å². The molecule has 2 aliphatic heterocycles. The molecule has 0 bridgehead atoms. The summed E-state index contributed by atoms with van der Waals surface area (Å²) in [6.45, 7) is 6.52. The Morgan fingerprint density at radius 1 is 1.04 bits per heavy atom. The molecule has 2 aromatic carbocycles. The minimum Gasteiger partial charge on any atom is -0.331 e. The first kappa shape index (κ1) is 18.2. The Bertz CT molecular complexity index is 876. The zero-order chi connectivity index (χ0) is 19.3. The Morgan fingerprint density at radius 3 is 2.50 bits per heavy atom. The van der Waals surface area contributed by atoms with Crippen LogP contribution >= 0.6 is 11.6 Å². The van der Waals surface area contributed by atoms with Crippen LogP contribution in [-0.2, 0) is 0 Å². The van der Waals surface area contributed by atoms with E-state index in [9.17, 15) is 4.79 Å². The Kier molecular flexibility index (Phi) is 4.68. The maximum Gasteiger partial charge on any atom is 0.254 e. The third-order valence-electron chi connectivity index (χ3n) is 6.81. The van der Waals surface area contributed by atoms with Crippen molar-refractivity contribution in [3.8, 4) is 0 Å². The fourth-order valence-electron chi connectivity index (χ4n) is 5.24. The van der Waals surface area contributed by atoms with Crippen molar-refractivity contribution in [2.75, 3.05) is 26.2 Å². The van der Waals surface area contributed by atoms with Crippen LogP contribution in [0, 0.1) is 24.7 Å². The summed E-state index contributed by atoms with van der Waals surface area (Å²) in [5.74, 6) is 2.14. The van der Waals surface area contributed by atoms with Gasteiger partial charge in [0.05, 0.1) is 6.04 Å². The molecule has 0 N–H and O–H groups in total. The van der Waals surface area contributed by atoms with E-state index >= 15 is 0 Å². The smallest absolute Gasteiger partial charge is 0.254 e. The Hall–Kier alpha value is -1.84. The standard InChI is InChI=1S/C24H27ClN2O/c1-16-4-2-3-5-21(16)23-22-15-26(12-17-6-7-17)13-19(22)14-27(23)24(28)18-8-10-20(25)11-9-18/h2-5,8-11,17,19,22-23H,6-7,12-15H2,1H3/t19-,22-,23+/m0/s1. The molecule has 146 valence electrons. The lowest BCUT2D eigenvalue weighted by atomic mass is 9.87. The number of halogens is 1. The molecule has 0 unspecified atom stereocenters. The van der Waals surface area contributed by atoms with Gasteiger partial charge >= 0.3 is 0 Å². The predicted molar refractivity (Wildman–Crippen MR) is 113 cm³/mol. The van der Waals surface area contributed by atoms with Gasteiger partial charge in [-0.3, -0.25) is 4.79 Å². The molecule has 28 heavy (non-hydrogen) atoms. The molecule has 0 radical (unpaired) electrons. The first-order valence-corrected chi connectivity index (χ1v) is 10.8. The van der Waals surface area contributed by atoms with E-state index in [0.29, 0.717) is 16.9 Å². The quantitative estimate of drug-likeness (QED) is 0.743. The van der Waals surface area contributed by atoms with Crippen LogP contribution in [0.5, 0.6) is 0 Å². The zero-order valence-electron chi connectivity index (χ0n) is 16.4. The third kappa shape index (κ3) is 3.35. The first-order valence-electron chi connectivity index (χ1n) is 10.4. The molecule has 4 heteroatoms. The fraction of sp³-hybridized carbons (Fsp3) is 0.458. The highest BCUT2D eigenvalue weighted by molar-refractivity contribution is 6.30. The van der Waals surface area contributed by atoms with Gasteiger partial charge in [-0.15, -0.1) is 0 Å². The van der Waals surface area contributed by atoms with E-state index in [1.807, 2.05) is 24.3 Å². The number of amides is 1. The summed E-state index contributed by atoms with van der Waals surface area (Å²) in [6.07, 6.45) is 2.79. The minimum absolute atomic E-state index is 0.132. The van der Waals surface area contributed by atoms with Crippen LogP contribution in [0.3, 0.4) is 0 Å².